The fourth-order valence-electron chi connectivity index (χ4n) is 0.686. The quantitative estimate of drug-likeness (QED) is 0.860. The molecular formula is C7H8F3N3OS. The number of carbonyl (C=O) groups excluding carboxylic acids is 1. The van der Waals surface area contributed by atoms with Crippen molar-refractivity contribution in [2.75, 3.05) is 5.32 Å². The number of anilines is 1. The normalized spacial score (nSPS) is 11.9. The van der Waals surface area contributed by atoms with E-state index >= 15 is 0 Å². The van der Waals surface area contributed by atoms with Crippen molar-refractivity contribution in [3.05, 3.63) is 5.01 Å². The van der Waals surface area contributed by atoms with Gasteiger partial charge in [0.15, 0.2) is 0 Å². The van der Waals surface area contributed by atoms with Crippen LogP contribution in [0, 0.1) is 0 Å². The largest absolute Gasteiger partial charge is 0.471 e. The Kier molecular flexibility index (Phi) is 3.28. The SMILES string of the molecule is CC(C)c1nnc(NC(=O)C(F)(F)F)s1. The van der Waals surface area contributed by atoms with Gasteiger partial charge in [-0.2, -0.15) is 13.2 Å². The van der Waals surface area contributed by atoms with Gasteiger partial charge in [0.05, 0.1) is 0 Å². The Morgan fingerprint density at radius 3 is 2.40 bits per heavy atom. The Hall–Kier alpha value is -1.18. The zero-order chi connectivity index (χ0) is 11.6. The summed E-state index contributed by atoms with van der Waals surface area (Å²) < 4.78 is 35.5. The molecule has 0 saturated carbocycles. The molecule has 0 saturated heterocycles. The van der Waals surface area contributed by atoms with Crippen LogP contribution in [0.4, 0.5) is 18.3 Å². The molecule has 1 rings (SSSR count). The first kappa shape index (κ1) is 11.9. The maximum absolute atomic E-state index is 11.8. The lowest BCUT2D eigenvalue weighted by molar-refractivity contribution is -0.167. The summed E-state index contributed by atoms with van der Waals surface area (Å²) in [5, 5.41) is 9.14. The van der Waals surface area contributed by atoms with Gasteiger partial charge in [-0.1, -0.05) is 25.2 Å². The van der Waals surface area contributed by atoms with Gasteiger partial charge in [-0.05, 0) is 0 Å². The number of carbonyl (C=O) groups is 1. The van der Waals surface area contributed by atoms with Gasteiger partial charge >= 0.3 is 12.1 Å². The van der Waals surface area contributed by atoms with Gasteiger partial charge in [0.1, 0.15) is 5.01 Å². The standard InChI is InChI=1S/C7H8F3N3OS/c1-3(2)4-12-13-6(15-4)11-5(14)7(8,9)10/h3H,1-2H3,(H,11,13,14). The molecule has 1 heterocycles. The van der Waals surface area contributed by atoms with Crippen LogP contribution in [-0.4, -0.2) is 22.3 Å². The van der Waals surface area contributed by atoms with Crippen LogP contribution < -0.4 is 5.32 Å². The van der Waals surface area contributed by atoms with E-state index in [1.165, 1.54) is 0 Å². The molecule has 1 amide bonds. The van der Waals surface area contributed by atoms with Crippen molar-refractivity contribution < 1.29 is 18.0 Å². The molecule has 0 spiro atoms. The van der Waals surface area contributed by atoms with Crippen LogP contribution in [0.3, 0.4) is 0 Å². The fourth-order valence-corrected chi connectivity index (χ4v) is 1.43. The molecule has 0 aliphatic carbocycles. The fraction of sp³-hybridized carbons (Fsp3) is 0.571. The van der Waals surface area contributed by atoms with Crippen LogP contribution >= 0.6 is 11.3 Å². The summed E-state index contributed by atoms with van der Waals surface area (Å²) in [5.41, 5.74) is 0. The van der Waals surface area contributed by atoms with Crippen molar-refractivity contribution in [1.82, 2.24) is 10.2 Å². The number of hydrogen-bond acceptors (Lipinski definition) is 4. The van der Waals surface area contributed by atoms with Gasteiger partial charge in [-0.15, -0.1) is 10.2 Å². The molecule has 84 valence electrons. The lowest BCUT2D eigenvalue weighted by Crippen LogP contribution is -2.29. The number of nitrogens with one attached hydrogen (secondary N) is 1. The third kappa shape index (κ3) is 3.15. The second-order valence-corrected chi connectivity index (χ2v) is 4.06. The van der Waals surface area contributed by atoms with Crippen LogP contribution in [0.5, 0.6) is 0 Å². The summed E-state index contributed by atoms with van der Waals surface area (Å²) in [4.78, 5) is 10.5. The van der Waals surface area contributed by atoms with Gasteiger partial charge in [-0.25, -0.2) is 0 Å². The highest BCUT2D eigenvalue weighted by Crippen LogP contribution is 2.24. The first-order valence-electron chi connectivity index (χ1n) is 4.02. The van der Waals surface area contributed by atoms with Crippen LogP contribution in [0.25, 0.3) is 0 Å². The molecule has 4 nitrogen and oxygen atoms in total. The molecule has 0 aromatic carbocycles. The van der Waals surface area contributed by atoms with Crippen LogP contribution in [0.15, 0.2) is 0 Å². The Balaban J connectivity index is 2.70. The monoisotopic (exact) mass is 239 g/mol. The van der Waals surface area contributed by atoms with Crippen molar-refractivity contribution in [3.8, 4) is 0 Å². The maximum atomic E-state index is 11.8. The number of amides is 1. The van der Waals surface area contributed by atoms with E-state index < -0.39 is 12.1 Å². The highest BCUT2D eigenvalue weighted by molar-refractivity contribution is 7.15. The summed E-state index contributed by atoms with van der Waals surface area (Å²) in [6, 6.07) is 0. The Morgan fingerprint density at radius 2 is 2.00 bits per heavy atom. The topological polar surface area (TPSA) is 54.9 Å². The smallest absolute Gasteiger partial charge is 0.293 e. The highest BCUT2D eigenvalue weighted by Gasteiger charge is 2.39. The van der Waals surface area contributed by atoms with Crippen LogP contribution in [-0.2, 0) is 4.79 Å². The summed E-state index contributed by atoms with van der Waals surface area (Å²) in [5.74, 6) is -1.96. The van der Waals surface area contributed by atoms with Crippen LogP contribution in [0.2, 0.25) is 0 Å². The first-order valence-corrected chi connectivity index (χ1v) is 4.84. The van der Waals surface area contributed by atoms with E-state index in [9.17, 15) is 18.0 Å². The molecule has 0 radical (unpaired) electrons. The van der Waals surface area contributed by atoms with E-state index in [1.807, 2.05) is 13.8 Å². The van der Waals surface area contributed by atoms with Crippen molar-refractivity contribution in [3.63, 3.8) is 0 Å². The number of rotatable bonds is 2. The second-order valence-electron chi connectivity index (χ2n) is 3.05. The molecule has 15 heavy (non-hydrogen) atoms. The molecule has 0 aliphatic rings. The molecule has 0 unspecified atom stereocenters. The van der Waals surface area contributed by atoms with E-state index in [-0.39, 0.29) is 11.0 Å². The average molecular weight is 239 g/mol. The summed E-state index contributed by atoms with van der Waals surface area (Å²) in [6.07, 6.45) is -4.90. The Bertz CT molecular complexity index is 361. The molecular weight excluding hydrogens is 231 g/mol. The molecule has 0 bridgehead atoms. The zero-order valence-corrected chi connectivity index (χ0v) is 8.74. The second kappa shape index (κ2) is 4.13. The number of hydrogen-bond donors (Lipinski definition) is 1. The number of nitrogens with zero attached hydrogens (tertiary/aromatic N) is 2. The van der Waals surface area contributed by atoms with Crippen molar-refractivity contribution in [2.45, 2.75) is 25.9 Å². The van der Waals surface area contributed by atoms with Gasteiger partial charge in [0.25, 0.3) is 0 Å². The average Bonchev–Trinajstić information content (AvgIpc) is 2.50. The summed E-state index contributed by atoms with van der Waals surface area (Å²) >= 11 is 0.931. The van der Waals surface area contributed by atoms with E-state index in [0.717, 1.165) is 11.3 Å². The van der Waals surface area contributed by atoms with Crippen LogP contribution in [0.1, 0.15) is 24.8 Å². The molecule has 1 N–H and O–H groups in total. The Morgan fingerprint density at radius 1 is 1.40 bits per heavy atom. The van der Waals surface area contributed by atoms with Crippen molar-refractivity contribution >= 4 is 22.4 Å². The molecule has 8 heteroatoms. The van der Waals surface area contributed by atoms with Crippen molar-refractivity contribution in [1.29, 1.82) is 0 Å². The van der Waals surface area contributed by atoms with Gasteiger partial charge in [-0.3, -0.25) is 10.1 Å². The zero-order valence-electron chi connectivity index (χ0n) is 7.92. The molecule has 1 aromatic rings. The van der Waals surface area contributed by atoms with E-state index in [2.05, 4.69) is 10.2 Å². The minimum atomic E-state index is -4.90. The minimum Gasteiger partial charge on any atom is -0.293 e. The number of aromatic nitrogens is 2. The van der Waals surface area contributed by atoms with Gasteiger partial charge in [0, 0.05) is 5.92 Å². The predicted octanol–water partition coefficient (Wildman–Crippen LogP) is 2.16. The highest BCUT2D eigenvalue weighted by atomic mass is 32.1. The van der Waals surface area contributed by atoms with Crippen molar-refractivity contribution in [2.24, 2.45) is 0 Å². The molecule has 0 aliphatic heterocycles. The maximum Gasteiger partial charge on any atom is 0.471 e. The summed E-state index contributed by atoms with van der Waals surface area (Å²) in [6.45, 7) is 3.66. The van der Waals surface area contributed by atoms with E-state index in [1.54, 1.807) is 5.32 Å². The Labute approximate surface area is 87.5 Å². The predicted molar refractivity (Wildman–Crippen MR) is 48.7 cm³/mol. The van der Waals surface area contributed by atoms with E-state index in [0.29, 0.717) is 5.01 Å². The number of halogens is 3. The number of alkyl halides is 3. The summed E-state index contributed by atoms with van der Waals surface area (Å²) in [7, 11) is 0. The molecule has 1 aromatic heterocycles. The third-order valence-corrected chi connectivity index (χ3v) is 2.55. The lowest BCUT2D eigenvalue weighted by Gasteiger charge is -2.03. The first-order chi connectivity index (χ1) is 6.80. The van der Waals surface area contributed by atoms with E-state index in [4.69, 9.17) is 0 Å². The third-order valence-electron chi connectivity index (χ3n) is 1.41. The minimum absolute atomic E-state index is 0.0686. The molecule has 0 fully saturated rings. The van der Waals surface area contributed by atoms with Gasteiger partial charge in [0.2, 0.25) is 5.13 Å². The lowest BCUT2D eigenvalue weighted by atomic mass is 10.2. The molecule has 0 atom stereocenters. The van der Waals surface area contributed by atoms with Gasteiger partial charge < -0.3 is 0 Å².